The minimum atomic E-state index is -0.730. The minimum absolute atomic E-state index is 0.0555. The summed E-state index contributed by atoms with van der Waals surface area (Å²) in [5.41, 5.74) is 0. The molecule has 0 aromatic rings. The van der Waals surface area contributed by atoms with Gasteiger partial charge in [-0.1, -0.05) is 20.3 Å². The highest BCUT2D eigenvalue weighted by molar-refractivity contribution is 5.81. The average Bonchev–Trinajstić information content (AvgIpc) is 2.44. The van der Waals surface area contributed by atoms with E-state index in [2.05, 4.69) is 5.32 Å². The minimum Gasteiger partial charge on any atom is -0.462 e. The lowest BCUT2D eigenvalue weighted by Crippen LogP contribution is -2.46. The summed E-state index contributed by atoms with van der Waals surface area (Å²) < 4.78 is 19.5. The zero-order valence-corrected chi connectivity index (χ0v) is 12.6. The highest BCUT2D eigenvalue weighted by atomic mass is 16.6. The molecule has 0 bridgehead atoms. The Morgan fingerprint density at radius 2 is 1.55 bits per heavy atom. The highest BCUT2D eigenvalue weighted by Crippen LogP contribution is 2.09. The first-order chi connectivity index (χ1) is 9.56. The zero-order valence-electron chi connectivity index (χ0n) is 12.6. The van der Waals surface area contributed by atoms with Crippen LogP contribution in [0.15, 0.2) is 0 Å². The highest BCUT2D eigenvalue weighted by Gasteiger charge is 2.27. The molecule has 0 spiro atoms. The molecule has 0 rings (SSSR count). The second kappa shape index (κ2) is 11.5. The van der Waals surface area contributed by atoms with Crippen LogP contribution in [-0.4, -0.2) is 58.8 Å². The van der Waals surface area contributed by atoms with Crippen molar-refractivity contribution in [2.45, 2.75) is 26.3 Å². The number of nitrogens with one attached hydrogen (secondary N) is 1. The van der Waals surface area contributed by atoms with E-state index in [1.165, 1.54) is 14.2 Å². The van der Waals surface area contributed by atoms with E-state index in [1.54, 1.807) is 0 Å². The van der Waals surface area contributed by atoms with Gasteiger partial charge in [0.1, 0.15) is 19.3 Å². The molecule has 0 aliphatic carbocycles. The second-order valence-electron chi connectivity index (χ2n) is 4.30. The Kier molecular flexibility index (Phi) is 10.7. The van der Waals surface area contributed by atoms with Crippen molar-refractivity contribution in [1.29, 1.82) is 0 Å². The summed E-state index contributed by atoms with van der Waals surface area (Å²) in [7, 11) is 3.03. The Morgan fingerprint density at radius 3 is 2.05 bits per heavy atom. The van der Waals surface area contributed by atoms with E-state index in [1.807, 2.05) is 13.8 Å². The number of hydrogen-bond donors (Lipinski definition) is 1. The van der Waals surface area contributed by atoms with Crippen molar-refractivity contribution in [1.82, 2.24) is 5.32 Å². The molecule has 0 fully saturated rings. The number of esters is 1. The maximum absolute atomic E-state index is 11.9. The molecular formula is C13H25NO6. The third-order valence-electron chi connectivity index (χ3n) is 2.79. The Labute approximate surface area is 119 Å². The molecule has 2 atom stereocenters. The van der Waals surface area contributed by atoms with Crippen LogP contribution in [0.3, 0.4) is 0 Å². The molecule has 1 amide bonds. The number of methoxy groups -OCH3 is 2. The van der Waals surface area contributed by atoms with Gasteiger partial charge in [-0.3, -0.25) is 0 Å². The molecule has 0 aliphatic heterocycles. The van der Waals surface area contributed by atoms with Crippen molar-refractivity contribution < 1.29 is 28.5 Å². The number of hydrogen-bond acceptors (Lipinski definition) is 6. The molecule has 7 heteroatoms. The van der Waals surface area contributed by atoms with Gasteiger partial charge in [-0.25, -0.2) is 9.59 Å². The van der Waals surface area contributed by atoms with Gasteiger partial charge in [0, 0.05) is 14.2 Å². The van der Waals surface area contributed by atoms with Crippen molar-refractivity contribution in [3.63, 3.8) is 0 Å². The van der Waals surface area contributed by atoms with Gasteiger partial charge in [-0.2, -0.15) is 0 Å². The van der Waals surface area contributed by atoms with Crippen molar-refractivity contribution in [3.05, 3.63) is 0 Å². The molecule has 118 valence electrons. The van der Waals surface area contributed by atoms with Crippen molar-refractivity contribution in [2.75, 3.05) is 40.6 Å². The first kappa shape index (κ1) is 18.7. The number of carbonyl (C=O) groups is 2. The van der Waals surface area contributed by atoms with E-state index in [9.17, 15) is 9.59 Å². The molecule has 7 nitrogen and oxygen atoms in total. The molecule has 20 heavy (non-hydrogen) atoms. The fraction of sp³-hybridized carbons (Fsp3) is 0.846. The molecule has 0 aromatic carbocycles. The molecular weight excluding hydrogens is 266 g/mol. The Morgan fingerprint density at radius 1 is 1.00 bits per heavy atom. The summed E-state index contributed by atoms with van der Waals surface area (Å²) in [4.78, 5) is 23.5. The van der Waals surface area contributed by atoms with Gasteiger partial charge in [0.05, 0.1) is 13.2 Å². The quantitative estimate of drug-likeness (QED) is 0.477. The zero-order chi connectivity index (χ0) is 15.4. The second-order valence-corrected chi connectivity index (χ2v) is 4.30. The number of amides is 1. The van der Waals surface area contributed by atoms with Crippen LogP contribution >= 0.6 is 0 Å². The summed E-state index contributed by atoms with van der Waals surface area (Å²) in [6.07, 6.45) is 0.0682. The van der Waals surface area contributed by atoms with Gasteiger partial charge in [-0.15, -0.1) is 0 Å². The van der Waals surface area contributed by atoms with Crippen LogP contribution < -0.4 is 5.32 Å². The fourth-order valence-corrected chi connectivity index (χ4v) is 1.37. The van der Waals surface area contributed by atoms with E-state index in [4.69, 9.17) is 18.9 Å². The number of alkyl carbamates (subject to hydrolysis) is 1. The van der Waals surface area contributed by atoms with Crippen LogP contribution in [-0.2, 0) is 23.7 Å². The first-order valence-electron chi connectivity index (χ1n) is 6.64. The molecule has 0 saturated carbocycles. The van der Waals surface area contributed by atoms with Crippen LogP contribution in [0.2, 0.25) is 0 Å². The van der Waals surface area contributed by atoms with Gasteiger partial charge >= 0.3 is 12.1 Å². The van der Waals surface area contributed by atoms with E-state index in [0.29, 0.717) is 13.2 Å². The number of ether oxygens (including phenoxy) is 4. The average molecular weight is 291 g/mol. The topological polar surface area (TPSA) is 83.1 Å². The van der Waals surface area contributed by atoms with Gasteiger partial charge in [0.15, 0.2) is 0 Å². The SMILES string of the molecule is CCC(C)C(NC(=O)OCCOC)C(=O)OCCOC. The number of rotatable bonds is 10. The van der Waals surface area contributed by atoms with Gasteiger partial charge in [0.25, 0.3) is 0 Å². The lowest BCUT2D eigenvalue weighted by Gasteiger charge is -2.22. The largest absolute Gasteiger partial charge is 0.462 e. The lowest BCUT2D eigenvalue weighted by molar-refractivity contribution is -0.148. The van der Waals surface area contributed by atoms with Gasteiger partial charge in [-0.05, 0) is 5.92 Å². The maximum Gasteiger partial charge on any atom is 0.407 e. The fourth-order valence-electron chi connectivity index (χ4n) is 1.37. The van der Waals surface area contributed by atoms with Crippen LogP contribution in [0, 0.1) is 5.92 Å². The molecule has 0 saturated heterocycles. The first-order valence-corrected chi connectivity index (χ1v) is 6.64. The van der Waals surface area contributed by atoms with Crippen LogP contribution in [0.4, 0.5) is 4.79 Å². The predicted molar refractivity (Wildman–Crippen MR) is 72.4 cm³/mol. The third-order valence-corrected chi connectivity index (χ3v) is 2.79. The summed E-state index contributed by atoms with van der Waals surface area (Å²) in [6, 6.07) is -0.730. The monoisotopic (exact) mass is 291 g/mol. The van der Waals surface area contributed by atoms with Gasteiger partial charge in [0.2, 0.25) is 0 Å². The molecule has 0 heterocycles. The number of carbonyl (C=O) groups excluding carboxylic acids is 2. The molecule has 0 radical (unpaired) electrons. The predicted octanol–water partition coefficient (Wildman–Crippen LogP) is 0.963. The molecule has 0 aliphatic rings. The molecule has 2 unspecified atom stereocenters. The Balaban J connectivity index is 4.33. The van der Waals surface area contributed by atoms with Gasteiger partial charge < -0.3 is 24.3 Å². The summed E-state index contributed by atoms with van der Waals surface area (Å²) in [5, 5.41) is 2.52. The lowest BCUT2D eigenvalue weighted by atomic mass is 9.99. The van der Waals surface area contributed by atoms with E-state index >= 15 is 0 Å². The van der Waals surface area contributed by atoms with E-state index < -0.39 is 18.1 Å². The molecule has 0 aromatic heterocycles. The smallest absolute Gasteiger partial charge is 0.407 e. The molecule has 1 N–H and O–H groups in total. The van der Waals surface area contributed by atoms with E-state index in [0.717, 1.165) is 6.42 Å². The third kappa shape index (κ3) is 7.96. The summed E-state index contributed by atoms with van der Waals surface area (Å²) in [5.74, 6) is -0.542. The maximum atomic E-state index is 11.9. The summed E-state index contributed by atoms with van der Waals surface area (Å²) >= 11 is 0. The van der Waals surface area contributed by atoms with Crippen molar-refractivity contribution >= 4 is 12.1 Å². The summed E-state index contributed by atoms with van der Waals surface area (Å²) in [6.45, 7) is 4.70. The van der Waals surface area contributed by atoms with Crippen molar-refractivity contribution in [3.8, 4) is 0 Å². The van der Waals surface area contributed by atoms with Crippen LogP contribution in [0.1, 0.15) is 20.3 Å². The van der Waals surface area contributed by atoms with Crippen LogP contribution in [0.25, 0.3) is 0 Å². The Hall–Kier alpha value is -1.34. The standard InChI is InChI=1S/C13H25NO6/c1-5-10(2)11(12(15)19-8-6-17-3)14-13(16)20-9-7-18-4/h10-11H,5-9H2,1-4H3,(H,14,16). The van der Waals surface area contributed by atoms with Crippen LogP contribution in [0.5, 0.6) is 0 Å². The van der Waals surface area contributed by atoms with Crippen molar-refractivity contribution in [2.24, 2.45) is 5.92 Å². The Bertz CT molecular complexity index is 284. The van der Waals surface area contributed by atoms with E-state index in [-0.39, 0.29) is 19.1 Å². The normalized spacial score (nSPS) is 13.4.